The van der Waals surface area contributed by atoms with Crippen LogP contribution in [0.3, 0.4) is 0 Å². The van der Waals surface area contributed by atoms with Gasteiger partial charge in [0.1, 0.15) is 0 Å². The molecular weight excluding hydrogens is 214 g/mol. The van der Waals surface area contributed by atoms with Crippen molar-refractivity contribution in [3.8, 4) is 0 Å². The summed E-state index contributed by atoms with van der Waals surface area (Å²) in [7, 11) is 0. The predicted molar refractivity (Wildman–Crippen MR) is 71.4 cm³/mol. The summed E-state index contributed by atoms with van der Waals surface area (Å²) in [5.74, 6) is 0.819. The summed E-state index contributed by atoms with van der Waals surface area (Å²) in [5.41, 5.74) is 0. The van der Waals surface area contributed by atoms with Crippen molar-refractivity contribution >= 4 is 0 Å². The first-order valence-electron chi connectivity index (χ1n) is 7.14. The molecule has 0 aromatic carbocycles. The van der Waals surface area contributed by atoms with E-state index in [2.05, 4.69) is 25.7 Å². The van der Waals surface area contributed by atoms with Gasteiger partial charge in [0.25, 0.3) is 0 Å². The molecule has 1 heterocycles. The molecule has 1 aliphatic heterocycles. The third-order valence-corrected chi connectivity index (χ3v) is 3.13. The summed E-state index contributed by atoms with van der Waals surface area (Å²) in [4.78, 5) is 2.52. The van der Waals surface area contributed by atoms with Crippen LogP contribution in [0.1, 0.15) is 40.0 Å². The highest BCUT2D eigenvalue weighted by molar-refractivity contribution is 4.71. The van der Waals surface area contributed by atoms with Crippen LogP contribution >= 0.6 is 0 Å². The lowest BCUT2D eigenvalue weighted by molar-refractivity contribution is -0.0692. The molecule has 0 saturated carbocycles. The highest BCUT2D eigenvalue weighted by Crippen LogP contribution is 2.09. The van der Waals surface area contributed by atoms with Crippen LogP contribution in [-0.2, 0) is 9.47 Å². The van der Waals surface area contributed by atoms with Crippen molar-refractivity contribution in [1.29, 1.82) is 0 Å². The fraction of sp³-hybridized carbons (Fsp3) is 1.00. The monoisotopic (exact) mass is 243 g/mol. The van der Waals surface area contributed by atoms with Crippen LogP contribution in [0.4, 0.5) is 0 Å². The summed E-state index contributed by atoms with van der Waals surface area (Å²) in [5, 5.41) is 0. The SMILES string of the molecule is CCCOC[C@@H]1CN(CCCC(C)C)CCO1. The van der Waals surface area contributed by atoms with Crippen molar-refractivity contribution in [3.63, 3.8) is 0 Å². The van der Waals surface area contributed by atoms with Crippen LogP contribution in [0.2, 0.25) is 0 Å². The topological polar surface area (TPSA) is 21.7 Å². The molecule has 3 heteroatoms. The number of rotatable bonds is 8. The van der Waals surface area contributed by atoms with Gasteiger partial charge in [-0.25, -0.2) is 0 Å². The lowest BCUT2D eigenvalue weighted by Crippen LogP contribution is -2.44. The number of morpholine rings is 1. The van der Waals surface area contributed by atoms with Crippen molar-refractivity contribution in [1.82, 2.24) is 4.90 Å². The van der Waals surface area contributed by atoms with Crippen LogP contribution < -0.4 is 0 Å². The lowest BCUT2D eigenvalue weighted by atomic mass is 10.1. The van der Waals surface area contributed by atoms with E-state index in [1.807, 2.05) is 0 Å². The van der Waals surface area contributed by atoms with E-state index in [-0.39, 0.29) is 6.10 Å². The average molecular weight is 243 g/mol. The van der Waals surface area contributed by atoms with Gasteiger partial charge in [-0.1, -0.05) is 20.8 Å². The molecule has 1 rings (SSSR count). The molecule has 1 fully saturated rings. The molecule has 1 aliphatic rings. The molecule has 1 saturated heterocycles. The van der Waals surface area contributed by atoms with E-state index in [9.17, 15) is 0 Å². The maximum absolute atomic E-state index is 5.72. The van der Waals surface area contributed by atoms with Crippen molar-refractivity contribution in [2.24, 2.45) is 5.92 Å². The Hall–Kier alpha value is -0.120. The zero-order valence-electron chi connectivity index (χ0n) is 11.8. The van der Waals surface area contributed by atoms with Gasteiger partial charge in [-0.05, 0) is 31.7 Å². The van der Waals surface area contributed by atoms with Gasteiger partial charge in [0.2, 0.25) is 0 Å². The summed E-state index contributed by atoms with van der Waals surface area (Å²) < 4.78 is 11.3. The van der Waals surface area contributed by atoms with Gasteiger partial charge in [0.15, 0.2) is 0 Å². The molecule has 17 heavy (non-hydrogen) atoms. The smallest absolute Gasteiger partial charge is 0.0935 e. The zero-order chi connectivity index (χ0) is 12.5. The van der Waals surface area contributed by atoms with E-state index >= 15 is 0 Å². The van der Waals surface area contributed by atoms with Crippen molar-refractivity contribution in [3.05, 3.63) is 0 Å². The second kappa shape index (κ2) is 8.90. The Labute approximate surface area is 106 Å². The number of ether oxygens (including phenoxy) is 2. The Morgan fingerprint density at radius 1 is 1.41 bits per heavy atom. The van der Waals surface area contributed by atoms with Crippen LogP contribution in [-0.4, -0.2) is 50.5 Å². The molecular formula is C14H29NO2. The normalized spacial score (nSPS) is 22.2. The first-order chi connectivity index (χ1) is 8.22. The third kappa shape index (κ3) is 7.02. The molecule has 0 N–H and O–H groups in total. The van der Waals surface area contributed by atoms with Crippen LogP contribution in [0.25, 0.3) is 0 Å². The first-order valence-corrected chi connectivity index (χ1v) is 7.14. The van der Waals surface area contributed by atoms with E-state index < -0.39 is 0 Å². The van der Waals surface area contributed by atoms with Gasteiger partial charge >= 0.3 is 0 Å². The second-order valence-electron chi connectivity index (χ2n) is 5.40. The maximum atomic E-state index is 5.72. The fourth-order valence-corrected chi connectivity index (χ4v) is 2.17. The Morgan fingerprint density at radius 2 is 2.24 bits per heavy atom. The highest BCUT2D eigenvalue weighted by Gasteiger charge is 2.19. The number of nitrogens with zero attached hydrogens (tertiary/aromatic N) is 1. The number of hydrogen-bond donors (Lipinski definition) is 0. The number of hydrogen-bond acceptors (Lipinski definition) is 3. The first kappa shape index (κ1) is 14.9. The Bertz CT molecular complexity index is 185. The Kier molecular flexibility index (Phi) is 7.82. The third-order valence-electron chi connectivity index (χ3n) is 3.13. The minimum absolute atomic E-state index is 0.286. The van der Waals surface area contributed by atoms with Crippen LogP contribution in [0.15, 0.2) is 0 Å². The van der Waals surface area contributed by atoms with E-state index in [1.165, 1.54) is 19.4 Å². The minimum atomic E-state index is 0.286. The van der Waals surface area contributed by atoms with E-state index in [4.69, 9.17) is 9.47 Å². The summed E-state index contributed by atoms with van der Waals surface area (Å²) in [6.45, 7) is 12.5. The Balaban J connectivity index is 2.10. The molecule has 0 unspecified atom stereocenters. The molecule has 0 spiro atoms. The molecule has 0 aromatic heterocycles. The standard InChI is InChI=1S/C14H29NO2/c1-4-9-16-12-14-11-15(8-10-17-14)7-5-6-13(2)3/h13-14H,4-12H2,1-3H3/t14-/m0/s1. The summed E-state index contributed by atoms with van der Waals surface area (Å²) >= 11 is 0. The van der Waals surface area contributed by atoms with E-state index in [0.29, 0.717) is 0 Å². The molecule has 0 radical (unpaired) electrons. The Morgan fingerprint density at radius 3 is 2.94 bits per heavy atom. The summed E-state index contributed by atoms with van der Waals surface area (Å²) in [6, 6.07) is 0. The van der Waals surface area contributed by atoms with Crippen molar-refractivity contribution in [2.45, 2.75) is 46.1 Å². The molecule has 102 valence electrons. The quantitative estimate of drug-likeness (QED) is 0.612. The second-order valence-corrected chi connectivity index (χ2v) is 5.40. The lowest BCUT2D eigenvalue weighted by Gasteiger charge is -2.32. The zero-order valence-corrected chi connectivity index (χ0v) is 11.8. The largest absolute Gasteiger partial charge is 0.379 e. The predicted octanol–water partition coefficient (Wildman–Crippen LogP) is 2.55. The van der Waals surface area contributed by atoms with Crippen LogP contribution in [0.5, 0.6) is 0 Å². The molecule has 0 aliphatic carbocycles. The van der Waals surface area contributed by atoms with Crippen molar-refractivity contribution in [2.75, 3.05) is 39.5 Å². The summed E-state index contributed by atoms with van der Waals surface area (Å²) in [6.07, 6.45) is 4.01. The molecule has 0 aromatic rings. The van der Waals surface area contributed by atoms with Crippen LogP contribution in [0, 0.1) is 5.92 Å². The van der Waals surface area contributed by atoms with Gasteiger partial charge in [-0.2, -0.15) is 0 Å². The average Bonchev–Trinajstić information content (AvgIpc) is 2.29. The fourth-order valence-electron chi connectivity index (χ4n) is 2.17. The molecule has 0 bridgehead atoms. The molecule has 1 atom stereocenters. The minimum Gasteiger partial charge on any atom is -0.379 e. The molecule has 0 amide bonds. The highest BCUT2D eigenvalue weighted by atomic mass is 16.5. The van der Waals surface area contributed by atoms with Gasteiger partial charge in [0.05, 0.1) is 19.3 Å². The van der Waals surface area contributed by atoms with Crippen molar-refractivity contribution < 1.29 is 9.47 Å². The van der Waals surface area contributed by atoms with Gasteiger partial charge < -0.3 is 9.47 Å². The van der Waals surface area contributed by atoms with E-state index in [0.717, 1.165) is 45.2 Å². The van der Waals surface area contributed by atoms with Gasteiger partial charge in [-0.3, -0.25) is 4.90 Å². The maximum Gasteiger partial charge on any atom is 0.0935 e. The van der Waals surface area contributed by atoms with Gasteiger partial charge in [-0.15, -0.1) is 0 Å². The van der Waals surface area contributed by atoms with Gasteiger partial charge in [0, 0.05) is 19.7 Å². The molecule has 3 nitrogen and oxygen atoms in total. The van der Waals surface area contributed by atoms with E-state index in [1.54, 1.807) is 0 Å².